The van der Waals surface area contributed by atoms with Crippen LogP contribution in [0.1, 0.15) is 25.3 Å². The molecule has 2 heterocycles. The van der Waals surface area contributed by atoms with E-state index in [2.05, 4.69) is 35.5 Å². The minimum Gasteiger partial charge on any atom is -0.372 e. The highest BCUT2D eigenvalue weighted by atomic mass is 16.5. The summed E-state index contributed by atoms with van der Waals surface area (Å²) >= 11 is 0. The van der Waals surface area contributed by atoms with E-state index in [1.54, 1.807) is 0 Å². The van der Waals surface area contributed by atoms with E-state index in [9.17, 15) is 0 Å². The highest BCUT2D eigenvalue weighted by Crippen LogP contribution is 2.20. The summed E-state index contributed by atoms with van der Waals surface area (Å²) in [5.41, 5.74) is 1.26. The largest absolute Gasteiger partial charge is 0.372 e. The first-order valence-electron chi connectivity index (χ1n) is 7.19. The lowest BCUT2D eigenvalue weighted by Gasteiger charge is -2.21. The van der Waals surface area contributed by atoms with Crippen molar-refractivity contribution in [3.8, 4) is 0 Å². The topological polar surface area (TPSA) is 42.3 Å². The van der Waals surface area contributed by atoms with Gasteiger partial charge in [0.1, 0.15) is 0 Å². The maximum absolute atomic E-state index is 6.05. The first kappa shape index (κ1) is 14.5. The summed E-state index contributed by atoms with van der Waals surface area (Å²) in [7, 11) is 4.10. The molecule has 0 aromatic carbocycles. The number of hydrogen-bond acceptors (Lipinski definition) is 4. The maximum atomic E-state index is 6.05. The third kappa shape index (κ3) is 4.60. The van der Waals surface area contributed by atoms with E-state index in [1.165, 1.54) is 18.4 Å². The fourth-order valence-electron chi connectivity index (χ4n) is 2.65. The Kier molecular flexibility index (Phi) is 5.36. The summed E-state index contributed by atoms with van der Waals surface area (Å²) < 4.78 is 7.90. The summed E-state index contributed by atoms with van der Waals surface area (Å²) in [6.07, 6.45) is 7.13. The Morgan fingerprint density at radius 2 is 2.26 bits per heavy atom. The second-order valence-corrected chi connectivity index (χ2v) is 5.48. The number of hydrogen-bond donors (Lipinski definition) is 1. The molecule has 2 unspecified atom stereocenters. The van der Waals surface area contributed by atoms with Crippen LogP contribution >= 0.6 is 0 Å². The lowest BCUT2D eigenvalue weighted by atomic mass is 10.2. The molecular weight excluding hydrogens is 240 g/mol. The van der Waals surface area contributed by atoms with Crippen LogP contribution in [-0.2, 0) is 18.3 Å². The molecule has 1 saturated heterocycles. The molecule has 2 atom stereocenters. The monoisotopic (exact) mass is 266 g/mol. The number of rotatable bonds is 7. The maximum Gasteiger partial charge on any atom is 0.0707 e. The summed E-state index contributed by atoms with van der Waals surface area (Å²) in [5.74, 6) is 0. The smallest absolute Gasteiger partial charge is 0.0707 e. The Morgan fingerprint density at radius 1 is 1.47 bits per heavy atom. The van der Waals surface area contributed by atoms with Crippen LogP contribution in [0.2, 0.25) is 0 Å². The van der Waals surface area contributed by atoms with Crippen molar-refractivity contribution in [2.45, 2.75) is 38.5 Å². The Bertz CT molecular complexity index is 379. The predicted octanol–water partition coefficient (Wildman–Crippen LogP) is 1.01. The number of nitrogens with zero attached hydrogens (tertiary/aromatic N) is 3. The number of likely N-dealkylation sites (N-methyl/N-ethyl adjacent to an activating group) is 2. The van der Waals surface area contributed by atoms with E-state index in [-0.39, 0.29) is 0 Å². The zero-order valence-corrected chi connectivity index (χ0v) is 12.3. The van der Waals surface area contributed by atoms with Gasteiger partial charge in [-0.2, -0.15) is 5.10 Å². The summed E-state index contributed by atoms with van der Waals surface area (Å²) in [6.45, 7) is 6.07. The van der Waals surface area contributed by atoms with E-state index in [0.29, 0.717) is 12.2 Å². The fourth-order valence-corrected chi connectivity index (χ4v) is 2.65. The predicted molar refractivity (Wildman–Crippen MR) is 76.0 cm³/mol. The molecule has 2 rings (SSSR count). The summed E-state index contributed by atoms with van der Waals surface area (Å²) in [6, 6.07) is 0. The van der Waals surface area contributed by atoms with Gasteiger partial charge in [-0.25, -0.2) is 0 Å². The van der Waals surface area contributed by atoms with Crippen molar-refractivity contribution in [2.24, 2.45) is 7.05 Å². The lowest BCUT2D eigenvalue weighted by molar-refractivity contribution is 0.0270. The summed E-state index contributed by atoms with van der Waals surface area (Å²) in [4.78, 5) is 2.32. The van der Waals surface area contributed by atoms with Crippen LogP contribution < -0.4 is 5.32 Å². The van der Waals surface area contributed by atoms with Crippen LogP contribution in [0.4, 0.5) is 0 Å². The molecule has 0 spiro atoms. The second-order valence-electron chi connectivity index (χ2n) is 5.48. The number of aromatic nitrogens is 2. The number of aryl methyl sites for hydroxylation is 1. The van der Waals surface area contributed by atoms with Crippen LogP contribution in [0.25, 0.3) is 0 Å². The molecule has 1 aromatic heterocycles. The Morgan fingerprint density at radius 3 is 2.95 bits per heavy atom. The van der Waals surface area contributed by atoms with E-state index >= 15 is 0 Å². The fraction of sp³-hybridized carbons (Fsp3) is 0.786. The van der Waals surface area contributed by atoms with Crippen LogP contribution in [-0.4, -0.2) is 53.6 Å². The second kappa shape index (κ2) is 7.03. The van der Waals surface area contributed by atoms with Gasteiger partial charge in [-0.1, -0.05) is 6.92 Å². The Labute approximate surface area is 115 Å². The van der Waals surface area contributed by atoms with Crippen LogP contribution in [0.5, 0.6) is 0 Å². The van der Waals surface area contributed by atoms with Crippen LogP contribution in [0.15, 0.2) is 12.4 Å². The van der Waals surface area contributed by atoms with Gasteiger partial charge in [-0.15, -0.1) is 0 Å². The first-order valence-corrected chi connectivity index (χ1v) is 7.19. The van der Waals surface area contributed by atoms with Crippen LogP contribution in [0.3, 0.4) is 0 Å². The van der Waals surface area contributed by atoms with Gasteiger partial charge in [0.25, 0.3) is 0 Å². The average molecular weight is 266 g/mol. The molecule has 5 heteroatoms. The number of nitrogens with one attached hydrogen (secondary N) is 1. The molecule has 0 radical (unpaired) electrons. The molecule has 1 aliphatic rings. The quantitative estimate of drug-likeness (QED) is 0.800. The molecule has 5 nitrogen and oxygen atoms in total. The summed E-state index contributed by atoms with van der Waals surface area (Å²) in [5, 5.41) is 7.55. The lowest BCUT2D eigenvalue weighted by Crippen LogP contribution is -2.31. The average Bonchev–Trinajstić information content (AvgIpc) is 2.96. The van der Waals surface area contributed by atoms with E-state index in [0.717, 1.165) is 26.2 Å². The van der Waals surface area contributed by atoms with Crippen molar-refractivity contribution in [3.63, 3.8) is 0 Å². The molecule has 0 amide bonds. The third-order valence-electron chi connectivity index (χ3n) is 3.54. The minimum absolute atomic E-state index is 0.380. The normalized spacial score (nSPS) is 23.4. The molecule has 108 valence electrons. The van der Waals surface area contributed by atoms with Gasteiger partial charge in [0, 0.05) is 38.4 Å². The standard InChI is InChI=1S/C14H26N4O/c1-4-15-8-13-5-6-14(19-13)11-17(2)9-12-7-16-18(3)10-12/h7,10,13-15H,4-6,8-9,11H2,1-3H3. The van der Waals surface area contributed by atoms with Gasteiger partial charge >= 0.3 is 0 Å². The molecule has 1 N–H and O–H groups in total. The highest BCUT2D eigenvalue weighted by molar-refractivity contribution is 5.03. The molecule has 1 aliphatic heterocycles. The van der Waals surface area contributed by atoms with Crippen molar-refractivity contribution in [3.05, 3.63) is 18.0 Å². The van der Waals surface area contributed by atoms with Crippen LogP contribution in [0, 0.1) is 0 Å². The number of ether oxygens (including phenoxy) is 1. The van der Waals surface area contributed by atoms with Crippen molar-refractivity contribution >= 4 is 0 Å². The molecule has 1 fully saturated rings. The van der Waals surface area contributed by atoms with Crippen molar-refractivity contribution in [2.75, 3.05) is 26.7 Å². The molecule has 19 heavy (non-hydrogen) atoms. The van der Waals surface area contributed by atoms with E-state index in [1.807, 2.05) is 17.9 Å². The van der Waals surface area contributed by atoms with E-state index < -0.39 is 0 Å². The SMILES string of the molecule is CCNCC1CCC(CN(C)Cc2cnn(C)c2)O1. The molecular formula is C14H26N4O. The van der Waals surface area contributed by atoms with Gasteiger partial charge in [0.05, 0.1) is 18.4 Å². The van der Waals surface area contributed by atoms with E-state index in [4.69, 9.17) is 4.74 Å². The Hall–Kier alpha value is -0.910. The molecule has 0 saturated carbocycles. The molecule has 0 aliphatic carbocycles. The zero-order valence-electron chi connectivity index (χ0n) is 12.3. The molecule has 0 bridgehead atoms. The Balaban J connectivity index is 1.70. The van der Waals surface area contributed by atoms with Gasteiger partial charge in [0.2, 0.25) is 0 Å². The van der Waals surface area contributed by atoms with Gasteiger partial charge < -0.3 is 10.1 Å². The van der Waals surface area contributed by atoms with Gasteiger partial charge in [-0.05, 0) is 26.4 Å². The third-order valence-corrected chi connectivity index (χ3v) is 3.54. The zero-order chi connectivity index (χ0) is 13.7. The van der Waals surface area contributed by atoms with Crippen molar-refractivity contribution in [1.82, 2.24) is 20.0 Å². The molecule has 1 aromatic rings. The van der Waals surface area contributed by atoms with Crippen molar-refractivity contribution < 1.29 is 4.74 Å². The van der Waals surface area contributed by atoms with Gasteiger partial charge in [-0.3, -0.25) is 9.58 Å². The minimum atomic E-state index is 0.380. The first-order chi connectivity index (χ1) is 9.17. The highest BCUT2D eigenvalue weighted by Gasteiger charge is 2.25. The van der Waals surface area contributed by atoms with Crippen molar-refractivity contribution in [1.29, 1.82) is 0 Å². The van der Waals surface area contributed by atoms with Gasteiger partial charge in [0.15, 0.2) is 0 Å².